The average molecular weight is 342 g/mol. The summed E-state index contributed by atoms with van der Waals surface area (Å²) in [5.41, 5.74) is 2.10. The van der Waals surface area contributed by atoms with Gasteiger partial charge in [0.05, 0.1) is 19.2 Å². The van der Waals surface area contributed by atoms with Crippen LogP contribution in [-0.2, 0) is 11.2 Å². The van der Waals surface area contributed by atoms with Gasteiger partial charge in [0.1, 0.15) is 11.6 Å². The predicted octanol–water partition coefficient (Wildman–Crippen LogP) is 2.94. The quantitative estimate of drug-likeness (QED) is 0.878. The fraction of sp³-hybridized carbons (Fsp3) is 0.350. The van der Waals surface area contributed by atoms with Crippen molar-refractivity contribution in [1.82, 2.24) is 10.2 Å². The van der Waals surface area contributed by atoms with Crippen LogP contribution in [0.25, 0.3) is 0 Å². The lowest BCUT2D eigenvalue weighted by atomic mass is 10.0. The summed E-state index contributed by atoms with van der Waals surface area (Å²) in [7, 11) is 1.92. The Morgan fingerprint density at radius 2 is 2.00 bits per heavy atom. The van der Waals surface area contributed by atoms with Gasteiger partial charge in [-0.25, -0.2) is 4.39 Å². The monoisotopic (exact) mass is 342 g/mol. The average Bonchev–Trinajstić information content (AvgIpc) is 2.61. The molecule has 132 valence electrons. The number of carbonyl (C=O) groups is 1. The number of benzene rings is 2. The van der Waals surface area contributed by atoms with Crippen LogP contribution in [0.4, 0.5) is 4.39 Å². The largest absolute Gasteiger partial charge is 0.493 e. The maximum absolute atomic E-state index is 12.9. The molecule has 1 amide bonds. The van der Waals surface area contributed by atoms with Gasteiger partial charge in [0.2, 0.25) is 5.91 Å². The summed E-state index contributed by atoms with van der Waals surface area (Å²) in [5.74, 6) is 0.625. The fourth-order valence-corrected chi connectivity index (χ4v) is 3.03. The Balaban J connectivity index is 1.48. The Kier molecular flexibility index (Phi) is 5.66. The summed E-state index contributed by atoms with van der Waals surface area (Å²) >= 11 is 0. The molecular formula is C20H23FN2O2. The topological polar surface area (TPSA) is 41.6 Å². The molecule has 1 aliphatic heterocycles. The highest BCUT2D eigenvalue weighted by Crippen LogP contribution is 2.31. The third-order valence-corrected chi connectivity index (χ3v) is 4.40. The molecule has 0 aromatic heterocycles. The zero-order valence-electron chi connectivity index (χ0n) is 14.4. The third kappa shape index (κ3) is 4.79. The van der Waals surface area contributed by atoms with Crippen LogP contribution in [0.15, 0.2) is 48.5 Å². The predicted molar refractivity (Wildman–Crippen MR) is 95.0 cm³/mol. The second-order valence-electron chi connectivity index (χ2n) is 6.41. The molecule has 0 saturated carbocycles. The van der Waals surface area contributed by atoms with Crippen molar-refractivity contribution in [1.29, 1.82) is 0 Å². The Hall–Kier alpha value is -2.40. The van der Waals surface area contributed by atoms with E-state index in [0.29, 0.717) is 13.2 Å². The first-order valence-corrected chi connectivity index (χ1v) is 8.56. The van der Waals surface area contributed by atoms with Crippen molar-refractivity contribution in [2.45, 2.75) is 18.9 Å². The van der Waals surface area contributed by atoms with Gasteiger partial charge in [-0.2, -0.15) is 0 Å². The van der Waals surface area contributed by atoms with Crippen molar-refractivity contribution < 1.29 is 13.9 Å². The SMILES string of the molecule is CN(CCc1ccc(F)cc1)CC(=O)NC1CCOc2ccccc21. The molecule has 1 atom stereocenters. The summed E-state index contributed by atoms with van der Waals surface area (Å²) in [5, 5.41) is 3.10. The molecule has 0 radical (unpaired) electrons. The van der Waals surface area contributed by atoms with E-state index in [1.807, 2.05) is 36.2 Å². The summed E-state index contributed by atoms with van der Waals surface area (Å²) in [6, 6.07) is 14.3. The number of nitrogens with zero attached hydrogens (tertiary/aromatic N) is 1. The molecule has 0 aliphatic carbocycles. The first-order chi connectivity index (χ1) is 12.1. The number of hydrogen-bond acceptors (Lipinski definition) is 3. The van der Waals surface area contributed by atoms with Gasteiger partial charge < -0.3 is 10.1 Å². The van der Waals surface area contributed by atoms with Crippen LogP contribution in [0.1, 0.15) is 23.6 Å². The van der Waals surface area contributed by atoms with Crippen molar-refractivity contribution in [2.24, 2.45) is 0 Å². The number of nitrogens with one attached hydrogen (secondary N) is 1. The Labute approximate surface area is 147 Å². The van der Waals surface area contributed by atoms with Crippen LogP contribution in [-0.4, -0.2) is 37.6 Å². The molecule has 1 N–H and O–H groups in total. The van der Waals surface area contributed by atoms with Gasteiger partial charge >= 0.3 is 0 Å². The van der Waals surface area contributed by atoms with Crippen LogP contribution in [0, 0.1) is 5.82 Å². The molecule has 0 saturated heterocycles. The highest BCUT2D eigenvalue weighted by atomic mass is 19.1. The molecule has 0 fully saturated rings. The van der Waals surface area contributed by atoms with Crippen LogP contribution in [0.2, 0.25) is 0 Å². The summed E-state index contributed by atoms with van der Waals surface area (Å²) in [4.78, 5) is 14.3. The van der Waals surface area contributed by atoms with Gasteiger partial charge in [0.15, 0.2) is 0 Å². The van der Waals surface area contributed by atoms with Crippen molar-refractivity contribution >= 4 is 5.91 Å². The van der Waals surface area contributed by atoms with Crippen LogP contribution in [0.3, 0.4) is 0 Å². The minimum absolute atomic E-state index is 0.00273. The summed E-state index contributed by atoms with van der Waals surface area (Å²) in [6.45, 7) is 1.69. The van der Waals surface area contributed by atoms with E-state index in [1.54, 1.807) is 12.1 Å². The molecule has 4 nitrogen and oxygen atoms in total. The Bertz CT molecular complexity index is 718. The molecule has 25 heavy (non-hydrogen) atoms. The fourth-order valence-electron chi connectivity index (χ4n) is 3.03. The molecule has 1 heterocycles. The molecular weight excluding hydrogens is 319 g/mol. The molecule has 3 rings (SSSR count). The third-order valence-electron chi connectivity index (χ3n) is 4.40. The van der Waals surface area contributed by atoms with Crippen LogP contribution >= 0.6 is 0 Å². The second-order valence-corrected chi connectivity index (χ2v) is 6.41. The van der Waals surface area contributed by atoms with E-state index in [0.717, 1.165) is 36.3 Å². The van der Waals surface area contributed by atoms with Crippen molar-refractivity contribution in [3.8, 4) is 5.75 Å². The minimum atomic E-state index is -0.228. The number of para-hydroxylation sites is 1. The number of halogens is 1. The highest BCUT2D eigenvalue weighted by molar-refractivity contribution is 5.78. The molecule has 0 spiro atoms. The number of rotatable bonds is 6. The summed E-state index contributed by atoms with van der Waals surface area (Å²) < 4.78 is 18.5. The molecule has 0 bridgehead atoms. The lowest BCUT2D eigenvalue weighted by Gasteiger charge is -2.27. The van der Waals surface area contributed by atoms with E-state index in [1.165, 1.54) is 12.1 Å². The van der Waals surface area contributed by atoms with Gasteiger partial charge in [-0.3, -0.25) is 9.69 Å². The first kappa shape index (κ1) is 17.4. The molecule has 1 unspecified atom stereocenters. The van der Waals surface area contributed by atoms with Crippen LogP contribution in [0.5, 0.6) is 5.75 Å². The maximum atomic E-state index is 12.9. The number of hydrogen-bond donors (Lipinski definition) is 1. The van der Waals surface area contributed by atoms with E-state index in [-0.39, 0.29) is 17.8 Å². The molecule has 5 heteroatoms. The Morgan fingerprint density at radius 1 is 1.24 bits per heavy atom. The van der Waals surface area contributed by atoms with Crippen molar-refractivity contribution in [3.05, 3.63) is 65.5 Å². The van der Waals surface area contributed by atoms with E-state index in [4.69, 9.17) is 4.74 Å². The minimum Gasteiger partial charge on any atom is -0.493 e. The number of fused-ring (bicyclic) bond motifs is 1. The van der Waals surface area contributed by atoms with Gasteiger partial charge in [0.25, 0.3) is 0 Å². The lowest BCUT2D eigenvalue weighted by Crippen LogP contribution is -2.39. The smallest absolute Gasteiger partial charge is 0.234 e. The van der Waals surface area contributed by atoms with Crippen molar-refractivity contribution in [2.75, 3.05) is 26.7 Å². The molecule has 2 aromatic carbocycles. The van der Waals surface area contributed by atoms with Gasteiger partial charge in [0, 0.05) is 18.5 Å². The van der Waals surface area contributed by atoms with Gasteiger partial charge in [-0.1, -0.05) is 30.3 Å². The van der Waals surface area contributed by atoms with Gasteiger partial charge in [-0.05, 0) is 37.2 Å². The summed E-state index contributed by atoms with van der Waals surface area (Å²) in [6.07, 6.45) is 1.56. The normalized spacial score (nSPS) is 16.2. The lowest BCUT2D eigenvalue weighted by molar-refractivity contribution is -0.122. The molecule has 2 aromatic rings. The number of ether oxygens (including phenoxy) is 1. The van der Waals surface area contributed by atoms with E-state index < -0.39 is 0 Å². The molecule has 1 aliphatic rings. The standard InChI is InChI=1S/C20H23FN2O2/c1-23(12-10-15-6-8-16(21)9-7-15)14-20(24)22-18-11-13-25-19-5-3-2-4-17(18)19/h2-9,18H,10-14H2,1H3,(H,22,24). The maximum Gasteiger partial charge on any atom is 0.234 e. The highest BCUT2D eigenvalue weighted by Gasteiger charge is 2.22. The zero-order valence-corrected chi connectivity index (χ0v) is 14.4. The van der Waals surface area contributed by atoms with Crippen LogP contribution < -0.4 is 10.1 Å². The van der Waals surface area contributed by atoms with E-state index in [9.17, 15) is 9.18 Å². The second kappa shape index (κ2) is 8.12. The number of amides is 1. The first-order valence-electron chi connectivity index (χ1n) is 8.56. The van der Waals surface area contributed by atoms with Crippen molar-refractivity contribution in [3.63, 3.8) is 0 Å². The Morgan fingerprint density at radius 3 is 2.80 bits per heavy atom. The van der Waals surface area contributed by atoms with Gasteiger partial charge in [-0.15, -0.1) is 0 Å². The number of carbonyl (C=O) groups excluding carboxylic acids is 1. The van der Waals surface area contributed by atoms with E-state index >= 15 is 0 Å². The zero-order chi connectivity index (χ0) is 17.6. The number of likely N-dealkylation sites (N-methyl/N-ethyl adjacent to an activating group) is 1. The van der Waals surface area contributed by atoms with E-state index in [2.05, 4.69) is 5.32 Å².